The number of hydrogen-bond acceptors (Lipinski definition) is 5. The van der Waals surface area contributed by atoms with Crippen LogP contribution in [-0.4, -0.2) is 25.8 Å². The topological polar surface area (TPSA) is 85.8 Å². The lowest BCUT2D eigenvalue weighted by atomic mass is 10.2. The minimum absolute atomic E-state index is 0.0370. The van der Waals surface area contributed by atoms with Crippen molar-refractivity contribution in [3.8, 4) is 0 Å². The molecular weight excluding hydrogens is 369 g/mol. The second-order valence-corrected chi connectivity index (χ2v) is 5.56. The summed E-state index contributed by atoms with van der Waals surface area (Å²) >= 11 is 3.28. The Kier molecular flexibility index (Phi) is 4.47. The van der Waals surface area contributed by atoms with Crippen LogP contribution in [0.2, 0.25) is 0 Å². The highest BCUT2D eigenvalue weighted by Crippen LogP contribution is 2.08. The summed E-state index contributed by atoms with van der Waals surface area (Å²) in [6.45, 7) is 0.311. The van der Waals surface area contributed by atoms with E-state index in [0.29, 0.717) is 11.4 Å². The van der Waals surface area contributed by atoms with Gasteiger partial charge in [-0.1, -0.05) is 23.4 Å². The molecule has 0 saturated carbocycles. The third-order valence-corrected chi connectivity index (χ3v) is 3.37. The Morgan fingerprint density at radius 3 is 2.96 bits per heavy atom. The van der Waals surface area contributed by atoms with E-state index in [0.717, 1.165) is 4.47 Å². The van der Waals surface area contributed by atoms with Gasteiger partial charge in [-0.25, -0.2) is 4.39 Å². The summed E-state index contributed by atoms with van der Waals surface area (Å²) in [5.74, 6) is -0.809. The van der Waals surface area contributed by atoms with E-state index in [2.05, 4.69) is 36.5 Å². The summed E-state index contributed by atoms with van der Waals surface area (Å²) in [7, 11) is 0. The molecule has 0 radical (unpaired) electrons. The molecule has 1 aromatic carbocycles. The molecule has 9 heteroatoms. The zero-order valence-corrected chi connectivity index (χ0v) is 13.3. The molecule has 0 fully saturated rings. The molecule has 0 aliphatic carbocycles. The molecule has 118 valence electrons. The molecule has 0 spiro atoms. The number of rotatable bonds is 5. The van der Waals surface area contributed by atoms with Gasteiger partial charge in [0, 0.05) is 18.3 Å². The monoisotopic (exact) mass is 379 g/mol. The van der Waals surface area contributed by atoms with Crippen LogP contribution in [0.3, 0.4) is 0 Å². The van der Waals surface area contributed by atoms with Gasteiger partial charge in [0.25, 0.3) is 0 Å². The standard InChI is InChI=1S/C14H11BrFN5O2/c15-10-6-18-21(7-10)8-12-19-14(23-20-12)13(22)17-5-9-3-1-2-4-11(9)16/h1-4,6-7H,5,8H2,(H,17,22). The van der Waals surface area contributed by atoms with Crippen molar-refractivity contribution in [1.82, 2.24) is 25.2 Å². The van der Waals surface area contributed by atoms with Crippen LogP contribution in [0.5, 0.6) is 0 Å². The first-order valence-corrected chi connectivity index (χ1v) is 7.43. The molecule has 3 rings (SSSR count). The third kappa shape index (κ3) is 3.81. The van der Waals surface area contributed by atoms with E-state index in [-0.39, 0.29) is 24.8 Å². The maximum atomic E-state index is 13.5. The highest BCUT2D eigenvalue weighted by molar-refractivity contribution is 9.10. The molecular formula is C14H11BrFN5O2. The van der Waals surface area contributed by atoms with Gasteiger partial charge in [0.05, 0.1) is 10.7 Å². The van der Waals surface area contributed by atoms with Crippen LogP contribution >= 0.6 is 15.9 Å². The Morgan fingerprint density at radius 1 is 1.39 bits per heavy atom. The summed E-state index contributed by atoms with van der Waals surface area (Å²) in [6.07, 6.45) is 3.37. The van der Waals surface area contributed by atoms with Gasteiger partial charge in [-0.15, -0.1) is 0 Å². The van der Waals surface area contributed by atoms with Crippen LogP contribution in [-0.2, 0) is 13.1 Å². The van der Waals surface area contributed by atoms with Crippen molar-refractivity contribution in [1.29, 1.82) is 0 Å². The second-order valence-electron chi connectivity index (χ2n) is 4.65. The minimum Gasteiger partial charge on any atom is -0.344 e. The van der Waals surface area contributed by atoms with E-state index in [1.165, 1.54) is 6.07 Å². The number of halogens is 2. The van der Waals surface area contributed by atoms with Crippen LogP contribution in [0, 0.1) is 5.82 Å². The lowest BCUT2D eigenvalue weighted by Gasteiger charge is -2.03. The molecule has 0 saturated heterocycles. The van der Waals surface area contributed by atoms with Crippen LogP contribution < -0.4 is 5.32 Å². The second kappa shape index (κ2) is 6.69. The Bertz CT molecular complexity index is 832. The average molecular weight is 380 g/mol. The lowest BCUT2D eigenvalue weighted by Crippen LogP contribution is -2.23. The summed E-state index contributed by atoms with van der Waals surface area (Å²) in [6, 6.07) is 6.19. The zero-order valence-electron chi connectivity index (χ0n) is 11.7. The molecule has 0 bridgehead atoms. The molecule has 2 aromatic heterocycles. The van der Waals surface area contributed by atoms with Crippen molar-refractivity contribution in [2.24, 2.45) is 0 Å². The largest absolute Gasteiger partial charge is 0.344 e. The Morgan fingerprint density at radius 2 is 2.22 bits per heavy atom. The molecule has 2 heterocycles. The number of nitrogens with one attached hydrogen (secondary N) is 1. The van der Waals surface area contributed by atoms with Crippen molar-refractivity contribution in [3.63, 3.8) is 0 Å². The van der Waals surface area contributed by atoms with E-state index in [1.807, 2.05) is 0 Å². The first kappa shape index (κ1) is 15.3. The molecule has 1 N–H and O–H groups in total. The minimum atomic E-state index is -0.561. The lowest BCUT2D eigenvalue weighted by molar-refractivity contribution is 0.0906. The average Bonchev–Trinajstić information content (AvgIpc) is 3.16. The maximum Gasteiger partial charge on any atom is 0.316 e. The number of nitrogens with zero attached hydrogens (tertiary/aromatic N) is 4. The van der Waals surface area contributed by atoms with E-state index in [4.69, 9.17) is 4.52 Å². The predicted molar refractivity (Wildman–Crippen MR) is 80.9 cm³/mol. The van der Waals surface area contributed by atoms with Crippen molar-refractivity contribution >= 4 is 21.8 Å². The smallest absolute Gasteiger partial charge is 0.316 e. The van der Waals surface area contributed by atoms with Gasteiger partial charge in [-0.2, -0.15) is 10.1 Å². The zero-order chi connectivity index (χ0) is 16.2. The Hall–Kier alpha value is -2.55. The number of carbonyl (C=O) groups excluding carboxylic acids is 1. The fourth-order valence-corrected chi connectivity index (χ4v) is 2.20. The van der Waals surface area contributed by atoms with Crippen molar-refractivity contribution in [3.05, 3.63) is 64.2 Å². The quantitative estimate of drug-likeness (QED) is 0.733. The summed E-state index contributed by atoms with van der Waals surface area (Å²) in [5.41, 5.74) is 0.377. The molecule has 7 nitrogen and oxygen atoms in total. The Balaban J connectivity index is 1.61. The van der Waals surface area contributed by atoms with E-state index in [9.17, 15) is 9.18 Å². The van der Waals surface area contributed by atoms with Gasteiger partial charge < -0.3 is 9.84 Å². The number of carbonyl (C=O) groups is 1. The normalized spacial score (nSPS) is 10.7. The fraction of sp³-hybridized carbons (Fsp3) is 0.143. The number of hydrogen-bond donors (Lipinski definition) is 1. The van der Waals surface area contributed by atoms with Crippen LogP contribution in [0.4, 0.5) is 4.39 Å². The summed E-state index contributed by atoms with van der Waals surface area (Å²) in [5, 5.41) is 10.3. The van der Waals surface area contributed by atoms with Gasteiger partial charge in [0.15, 0.2) is 5.82 Å². The third-order valence-electron chi connectivity index (χ3n) is 2.96. The number of benzene rings is 1. The van der Waals surface area contributed by atoms with Crippen LogP contribution in [0.25, 0.3) is 0 Å². The molecule has 3 aromatic rings. The molecule has 0 atom stereocenters. The van der Waals surface area contributed by atoms with Crippen molar-refractivity contribution < 1.29 is 13.7 Å². The van der Waals surface area contributed by atoms with E-state index in [1.54, 1.807) is 35.3 Å². The molecule has 0 unspecified atom stereocenters. The number of aromatic nitrogens is 4. The van der Waals surface area contributed by atoms with Crippen LogP contribution in [0.15, 0.2) is 45.7 Å². The van der Waals surface area contributed by atoms with E-state index < -0.39 is 5.91 Å². The summed E-state index contributed by atoms with van der Waals surface area (Å²) in [4.78, 5) is 15.9. The molecule has 0 aliphatic rings. The van der Waals surface area contributed by atoms with Gasteiger partial charge in [0.1, 0.15) is 12.4 Å². The molecule has 1 amide bonds. The van der Waals surface area contributed by atoms with Crippen molar-refractivity contribution in [2.45, 2.75) is 13.1 Å². The summed E-state index contributed by atoms with van der Waals surface area (Å²) < 4.78 is 20.8. The predicted octanol–water partition coefficient (Wildman–Crippen LogP) is 2.15. The van der Waals surface area contributed by atoms with Gasteiger partial charge in [-0.3, -0.25) is 9.48 Å². The van der Waals surface area contributed by atoms with Crippen LogP contribution in [0.1, 0.15) is 22.1 Å². The first-order chi connectivity index (χ1) is 11.1. The first-order valence-electron chi connectivity index (χ1n) is 6.64. The van der Waals surface area contributed by atoms with E-state index >= 15 is 0 Å². The number of amides is 1. The highest BCUT2D eigenvalue weighted by atomic mass is 79.9. The van der Waals surface area contributed by atoms with Gasteiger partial charge in [0.2, 0.25) is 0 Å². The van der Waals surface area contributed by atoms with Crippen molar-refractivity contribution in [2.75, 3.05) is 0 Å². The molecule has 23 heavy (non-hydrogen) atoms. The SMILES string of the molecule is O=C(NCc1ccccc1F)c1nc(Cn2cc(Br)cn2)no1. The molecule has 0 aliphatic heterocycles. The van der Waals surface area contributed by atoms with Gasteiger partial charge >= 0.3 is 11.8 Å². The Labute approximate surface area is 138 Å². The highest BCUT2D eigenvalue weighted by Gasteiger charge is 2.15. The maximum absolute atomic E-state index is 13.5. The van der Waals surface area contributed by atoms with Gasteiger partial charge in [-0.05, 0) is 22.0 Å². The fourth-order valence-electron chi connectivity index (χ4n) is 1.87.